The molecular weight excluding hydrogens is 671 g/mol. The van der Waals surface area contributed by atoms with Crippen molar-refractivity contribution < 1.29 is 47.8 Å². The third-order valence-electron chi connectivity index (χ3n) is 8.61. The van der Waals surface area contributed by atoms with Gasteiger partial charge in [-0.15, -0.1) is 0 Å². The van der Waals surface area contributed by atoms with Crippen LogP contribution in [-0.2, 0) is 32.7 Å². The number of phosphoric ester groups is 1. The van der Waals surface area contributed by atoms with Gasteiger partial charge in [0.1, 0.15) is 12.7 Å². The Morgan fingerprint density at radius 1 is 0.588 bits per heavy atom. The second-order valence-corrected chi connectivity index (χ2v) is 15.1. The number of carbonyl (C=O) groups excluding carboxylic acids is 2. The first-order chi connectivity index (χ1) is 24.7. The van der Waals surface area contributed by atoms with Gasteiger partial charge in [0.05, 0.1) is 19.8 Å². The van der Waals surface area contributed by atoms with Crippen LogP contribution in [0.2, 0.25) is 0 Å². The van der Waals surface area contributed by atoms with Gasteiger partial charge < -0.3 is 24.6 Å². The molecule has 0 amide bonds. The number of unbranched alkanes of at least 4 members (excludes halogenated alkanes) is 20. The fourth-order valence-corrected chi connectivity index (χ4v) is 6.23. The minimum atomic E-state index is -4.62. The lowest BCUT2D eigenvalue weighted by Crippen LogP contribution is -2.29. The van der Waals surface area contributed by atoms with E-state index in [1.54, 1.807) is 0 Å². The van der Waals surface area contributed by atoms with Crippen LogP contribution in [0.25, 0.3) is 0 Å². The summed E-state index contributed by atoms with van der Waals surface area (Å²) in [6.45, 7) is 2.32. The first kappa shape index (κ1) is 49.5. The predicted octanol–water partition coefficient (Wildman–Crippen LogP) is 10.2. The Hall–Kier alpha value is -1.55. The Labute approximate surface area is 310 Å². The molecule has 0 rings (SSSR count). The smallest absolute Gasteiger partial charge is 0.462 e. The van der Waals surface area contributed by atoms with E-state index in [2.05, 4.69) is 42.7 Å². The van der Waals surface area contributed by atoms with Crippen LogP contribution in [0.15, 0.2) is 24.3 Å². The number of hydrogen-bond donors (Lipinski definition) is 3. The Bertz CT molecular complexity index is 910. The SMILES string of the molecule is CCCCCCCCCCC/C=C/C/C=C/CCCC(=O)OC[C@@H](COP(=O)(O)OC[C@H](O)CO)OC(=O)CCCCCCCCCCCCC. The van der Waals surface area contributed by atoms with Crippen molar-refractivity contribution in [3.8, 4) is 0 Å². The summed E-state index contributed by atoms with van der Waals surface area (Å²) in [4.78, 5) is 34.8. The second kappa shape index (κ2) is 36.8. The van der Waals surface area contributed by atoms with Gasteiger partial charge in [-0.3, -0.25) is 18.6 Å². The van der Waals surface area contributed by atoms with Crippen molar-refractivity contribution >= 4 is 19.8 Å². The summed E-state index contributed by atoms with van der Waals surface area (Å²) in [6.07, 6.45) is 34.4. The number of hydrogen-bond acceptors (Lipinski definition) is 9. The number of esters is 2. The molecule has 0 aromatic rings. The molecule has 0 aliphatic rings. The highest BCUT2D eigenvalue weighted by atomic mass is 31.2. The summed E-state index contributed by atoms with van der Waals surface area (Å²) in [7, 11) is -4.62. The Kier molecular flexibility index (Phi) is 35.7. The first-order valence-electron chi connectivity index (χ1n) is 20.3. The van der Waals surface area contributed by atoms with E-state index in [1.807, 2.05) is 0 Å². The van der Waals surface area contributed by atoms with Crippen LogP contribution >= 0.6 is 7.82 Å². The van der Waals surface area contributed by atoms with E-state index in [0.717, 1.165) is 38.5 Å². The van der Waals surface area contributed by atoms with Gasteiger partial charge in [0.2, 0.25) is 0 Å². The minimum absolute atomic E-state index is 0.179. The van der Waals surface area contributed by atoms with Crippen LogP contribution in [0.3, 0.4) is 0 Å². The third-order valence-corrected chi connectivity index (χ3v) is 9.56. The second-order valence-electron chi connectivity index (χ2n) is 13.7. The zero-order chi connectivity index (χ0) is 37.7. The number of aliphatic hydroxyl groups is 2. The van der Waals surface area contributed by atoms with Gasteiger partial charge in [-0.05, 0) is 38.5 Å². The fraction of sp³-hybridized carbons (Fsp3) is 0.850. The van der Waals surface area contributed by atoms with Crippen LogP contribution < -0.4 is 0 Å². The largest absolute Gasteiger partial charge is 0.472 e. The van der Waals surface area contributed by atoms with Crippen molar-refractivity contribution in [2.24, 2.45) is 0 Å². The Balaban J connectivity index is 4.36. The molecule has 3 atom stereocenters. The maximum absolute atomic E-state index is 12.5. The molecule has 0 aromatic heterocycles. The van der Waals surface area contributed by atoms with Gasteiger partial charge in [-0.2, -0.15) is 0 Å². The maximum atomic E-state index is 12.5. The molecule has 3 N–H and O–H groups in total. The van der Waals surface area contributed by atoms with Crippen LogP contribution in [0.1, 0.15) is 181 Å². The molecule has 0 saturated heterocycles. The van der Waals surface area contributed by atoms with E-state index in [0.29, 0.717) is 12.8 Å². The number of ether oxygens (including phenoxy) is 2. The first-order valence-corrected chi connectivity index (χ1v) is 21.8. The van der Waals surface area contributed by atoms with Gasteiger partial charge >= 0.3 is 19.8 Å². The highest BCUT2D eigenvalue weighted by molar-refractivity contribution is 7.47. The summed E-state index contributed by atoms with van der Waals surface area (Å²) in [6, 6.07) is 0. The number of aliphatic hydroxyl groups excluding tert-OH is 2. The highest BCUT2D eigenvalue weighted by Crippen LogP contribution is 2.43. The number of carbonyl (C=O) groups is 2. The summed E-state index contributed by atoms with van der Waals surface area (Å²) in [5, 5.41) is 18.3. The molecule has 10 nitrogen and oxygen atoms in total. The van der Waals surface area contributed by atoms with Gasteiger partial charge in [0.15, 0.2) is 6.10 Å². The molecule has 0 radical (unpaired) electrons. The molecule has 0 aliphatic carbocycles. The molecule has 51 heavy (non-hydrogen) atoms. The predicted molar refractivity (Wildman–Crippen MR) is 205 cm³/mol. The quantitative estimate of drug-likeness (QED) is 0.0241. The van der Waals surface area contributed by atoms with Crippen molar-refractivity contribution in [2.45, 2.75) is 193 Å². The zero-order valence-corrected chi connectivity index (χ0v) is 33.2. The lowest BCUT2D eigenvalue weighted by molar-refractivity contribution is -0.161. The van der Waals surface area contributed by atoms with Crippen LogP contribution in [-0.4, -0.2) is 65.7 Å². The lowest BCUT2D eigenvalue weighted by Gasteiger charge is -2.20. The van der Waals surface area contributed by atoms with Crippen LogP contribution in [0, 0.1) is 0 Å². The third kappa shape index (κ3) is 36.6. The van der Waals surface area contributed by atoms with Gasteiger partial charge in [0.25, 0.3) is 0 Å². The molecule has 11 heteroatoms. The average molecular weight is 747 g/mol. The van der Waals surface area contributed by atoms with E-state index in [-0.39, 0.29) is 19.4 Å². The molecule has 1 unspecified atom stereocenters. The Morgan fingerprint density at radius 2 is 1.04 bits per heavy atom. The van der Waals surface area contributed by atoms with E-state index < -0.39 is 51.8 Å². The van der Waals surface area contributed by atoms with E-state index in [4.69, 9.17) is 19.1 Å². The summed E-state index contributed by atoms with van der Waals surface area (Å²) in [5.74, 6) is -0.975. The summed E-state index contributed by atoms with van der Waals surface area (Å²) >= 11 is 0. The van der Waals surface area contributed by atoms with Crippen molar-refractivity contribution in [1.82, 2.24) is 0 Å². The van der Waals surface area contributed by atoms with Crippen molar-refractivity contribution in [2.75, 3.05) is 26.4 Å². The zero-order valence-electron chi connectivity index (χ0n) is 32.3. The van der Waals surface area contributed by atoms with E-state index in [9.17, 15) is 24.2 Å². The minimum Gasteiger partial charge on any atom is -0.462 e. The Morgan fingerprint density at radius 3 is 1.57 bits per heavy atom. The molecule has 0 fully saturated rings. The normalized spacial score (nSPS) is 14.2. The van der Waals surface area contributed by atoms with E-state index >= 15 is 0 Å². The fourth-order valence-electron chi connectivity index (χ4n) is 5.44. The molecule has 0 heterocycles. The molecule has 300 valence electrons. The standard InChI is InChI=1S/C40H75O10P/c1-3-5-7-9-11-13-15-16-17-18-19-20-22-23-25-27-29-31-39(43)47-35-38(36-49-51(45,46)48-34-37(42)33-41)50-40(44)32-30-28-26-24-21-14-12-10-8-6-4-2/h19-20,23,25,37-38,41-42H,3-18,21-22,24,26-36H2,1-2H3,(H,45,46)/b20-19+,25-23+/t37-,38+/m1/s1. The molecule has 0 saturated carbocycles. The number of rotatable bonds is 38. The lowest BCUT2D eigenvalue weighted by atomic mass is 10.1. The number of phosphoric acid groups is 1. The van der Waals surface area contributed by atoms with E-state index in [1.165, 1.54) is 103 Å². The average Bonchev–Trinajstić information content (AvgIpc) is 3.12. The monoisotopic (exact) mass is 747 g/mol. The van der Waals surface area contributed by atoms with Crippen molar-refractivity contribution in [3.05, 3.63) is 24.3 Å². The van der Waals surface area contributed by atoms with Crippen molar-refractivity contribution in [1.29, 1.82) is 0 Å². The topological polar surface area (TPSA) is 149 Å². The number of allylic oxidation sites excluding steroid dienone is 4. The van der Waals surface area contributed by atoms with Gasteiger partial charge in [0, 0.05) is 12.8 Å². The molecular formula is C40H75O10P. The summed E-state index contributed by atoms with van der Waals surface area (Å²) < 4.78 is 32.5. The van der Waals surface area contributed by atoms with Gasteiger partial charge in [-0.25, -0.2) is 4.57 Å². The van der Waals surface area contributed by atoms with Crippen LogP contribution in [0.5, 0.6) is 0 Å². The van der Waals surface area contributed by atoms with Crippen molar-refractivity contribution in [3.63, 3.8) is 0 Å². The van der Waals surface area contributed by atoms with Crippen LogP contribution in [0.4, 0.5) is 0 Å². The molecule has 0 spiro atoms. The molecule has 0 aromatic carbocycles. The summed E-state index contributed by atoms with van der Waals surface area (Å²) in [5.41, 5.74) is 0. The maximum Gasteiger partial charge on any atom is 0.472 e. The molecule has 0 aliphatic heterocycles. The highest BCUT2D eigenvalue weighted by Gasteiger charge is 2.27. The molecule has 0 bridgehead atoms. The van der Waals surface area contributed by atoms with Gasteiger partial charge in [-0.1, -0.05) is 154 Å².